The van der Waals surface area contributed by atoms with Crippen molar-refractivity contribution in [2.75, 3.05) is 0 Å². The topological polar surface area (TPSA) is 64.0 Å². The number of hydrogen-bond donors (Lipinski definition) is 1. The Morgan fingerprint density at radius 2 is 1.91 bits per heavy atom. The van der Waals surface area contributed by atoms with Gasteiger partial charge in [0.25, 0.3) is 0 Å². The molecular weight excluding hydrogens is 298 g/mol. The molecule has 0 saturated heterocycles. The minimum Gasteiger partial charge on any atom is -0.273 e. The lowest BCUT2D eigenvalue weighted by atomic mass is 10.1. The standard InChI is InChI=1S/C16H23N3O2S/c1-5-6-14-7-9-15(10-8-14)22(20,21)18-12(2)16-11-17-19(4)13(16)3/h7-12,18H,5-6H2,1-4H3. The summed E-state index contributed by atoms with van der Waals surface area (Å²) in [7, 11) is -1.69. The van der Waals surface area contributed by atoms with Crippen molar-refractivity contribution in [3.63, 3.8) is 0 Å². The molecule has 0 radical (unpaired) electrons. The van der Waals surface area contributed by atoms with Crippen LogP contribution in [0, 0.1) is 6.92 Å². The van der Waals surface area contributed by atoms with Crippen molar-refractivity contribution in [1.82, 2.24) is 14.5 Å². The lowest BCUT2D eigenvalue weighted by molar-refractivity contribution is 0.566. The van der Waals surface area contributed by atoms with E-state index in [1.165, 1.54) is 0 Å². The van der Waals surface area contributed by atoms with E-state index in [1.807, 2.05) is 33.0 Å². The van der Waals surface area contributed by atoms with Gasteiger partial charge < -0.3 is 0 Å². The number of aryl methyl sites for hydroxylation is 2. The lowest BCUT2D eigenvalue weighted by Crippen LogP contribution is -2.27. The molecule has 0 amide bonds. The Kier molecular flexibility index (Phi) is 5.03. The summed E-state index contributed by atoms with van der Waals surface area (Å²) in [5.41, 5.74) is 2.99. The molecule has 0 fully saturated rings. The predicted molar refractivity (Wildman–Crippen MR) is 87.1 cm³/mol. The number of sulfonamides is 1. The zero-order valence-electron chi connectivity index (χ0n) is 13.5. The van der Waals surface area contributed by atoms with Crippen molar-refractivity contribution in [2.24, 2.45) is 7.05 Å². The van der Waals surface area contributed by atoms with Gasteiger partial charge in [-0.25, -0.2) is 13.1 Å². The van der Waals surface area contributed by atoms with E-state index >= 15 is 0 Å². The second kappa shape index (κ2) is 6.62. The maximum Gasteiger partial charge on any atom is 0.241 e. The summed E-state index contributed by atoms with van der Waals surface area (Å²) in [6.07, 6.45) is 3.70. The molecule has 2 aromatic rings. The van der Waals surface area contributed by atoms with Crippen LogP contribution in [0.1, 0.15) is 43.1 Å². The van der Waals surface area contributed by atoms with Crippen molar-refractivity contribution in [1.29, 1.82) is 0 Å². The summed E-state index contributed by atoms with van der Waals surface area (Å²) in [4.78, 5) is 0.292. The fourth-order valence-corrected chi connectivity index (χ4v) is 3.65. The van der Waals surface area contributed by atoms with Gasteiger partial charge >= 0.3 is 0 Å². The molecule has 22 heavy (non-hydrogen) atoms. The number of rotatable bonds is 6. The Morgan fingerprint density at radius 3 is 2.41 bits per heavy atom. The highest BCUT2D eigenvalue weighted by molar-refractivity contribution is 7.89. The summed E-state index contributed by atoms with van der Waals surface area (Å²) in [6, 6.07) is 6.75. The molecule has 0 aliphatic carbocycles. The third-order valence-corrected chi connectivity index (χ3v) is 5.40. The van der Waals surface area contributed by atoms with E-state index < -0.39 is 10.0 Å². The highest BCUT2D eigenvalue weighted by atomic mass is 32.2. The van der Waals surface area contributed by atoms with Gasteiger partial charge in [-0.1, -0.05) is 25.5 Å². The van der Waals surface area contributed by atoms with Gasteiger partial charge in [0.2, 0.25) is 10.0 Å². The van der Waals surface area contributed by atoms with Crippen LogP contribution in [0.5, 0.6) is 0 Å². The lowest BCUT2D eigenvalue weighted by Gasteiger charge is -2.14. The van der Waals surface area contributed by atoms with Gasteiger partial charge in [-0.2, -0.15) is 5.10 Å². The summed E-state index contributed by atoms with van der Waals surface area (Å²) in [5.74, 6) is 0. The highest BCUT2D eigenvalue weighted by Crippen LogP contribution is 2.20. The van der Waals surface area contributed by atoms with Crippen LogP contribution in [-0.2, 0) is 23.5 Å². The quantitative estimate of drug-likeness (QED) is 0.890. The Bertz CT molecular complexity index is 733. The SMILES string of the molecule is CCCc1ccc(S(=O)(=O)NC(C)c2cnn(C)c2C)cc1. The molecule has 0 spiro atoms. The number of aromatic nitrogens is 2. The maximum atomic E-state index is 12.5. The van der Waals surface area contributed by atoms with E-state index in [9.17, 15) is 8.42 Å². The van der Waals surface area contributed by atoms with Gasteiger partial charge in [-0.05, 0) is 38.0 Å². The smallest absolute Gasteiger partial charge is 0.241 e. The van der Waals surface area contributed by atoms with Gasteiger partial charge in [0.15, 0.2) is 0 Å². The fraction of sp³-hybridized carbons (Fsp3) is 0.438. The van der Waals surface area contributed by atoms with Crippen LogP contribution in [0.25, 0.3) is 0 Å². The zero-order chi connectivity index (χ0) is 16.3. The molecule has 6 heteroatoms. The molecule has 1 heterocycles. The maximum absolute atomic E-state index is 12.5. The minimum atomic E-state index is -3.53. The monoisotopic (exact) mass is 321 g/mol. The van der Waals surface area contributed by atoms with Gasteiger partial charge in [-0.15, -0.1) is 0 Å². The van der Waals surface area contributed by atoms with Crippen LogP contribution < -0.4 is 4.72 Å². The van der Waals surface area contributed by atoms with E-state index in [2.05, 4.69) is 16.7 Å². The third kappa shape index (κ3) is 3.56. The predicted octanol–water partition coefficient (Wildman–Crippen LogP) is 2.72. The van der Waals surface area contributed by atoms with Crippen molar-refractivity contribution < 1.29 is 8.42 Å². The van der Waals surface area contributed by atoms with E-state index in [0.29, 0.717) is 4.90 Å². The zero-order valence-corrected chi connectivity index (χ0v) is 14.3. The first-order valence-corrected chi connectivity index (χ1v) is 8.93. The van der Waals surface area contributed by atoms with Crippen LogP contribution in [0.4, 0.5) is 0 Å². The number of hydrogen-bond acceptors (Lipinski definition) is 3. The molecule has 0 aliphatic heterocycles. The summed E-state index contributed by atoms with van der Waals surface area (Å²) >= 11 is 0. The van der Waals surface area contributed by atoms with Crippen LogP contribution in [-0.4, -0.2) is 18.2 Å². The Balaban J connectivity index is 2.18. The molecule has 0 bridgehead atoms. The molecule has 2 rings (SSSR count). The molecule has 1 atom stereocenters. The van der Waals surface area contributed by atoms with Crippen LogP contribution in [0.3, 0.4) is 0 Å². The first-order valence-electron chi connectivity index (χ1n) is 7.45. The van der Waals surface area contributed by atoms with Gasteiger partial charge in [0.1, 0.15) is 0 Å². The second-order valence-electron chi connectivity index (χ2n) is 5.55. The van der Waals surface area contributed by atoms with Crippen LogP contribution >= 0.6 is 0 Å². The Hall–Kier alpha value is -1.66. The average molecular weight is 321 g/mol. The van der Waals surface area contributed by atoms with Crippen LogP contribution in [0.15, 0.2) is 35.4 Å². The molecule has 1 N–H and O–H groups in total. The van der Waals surface area contributed by atoms with E-state index in [0.717, 1.165) is 29.7 Å². The molecule has 1 aromatic heterocycles. The normalized spacial score (nSPS) is 13.3. The summed E-state index contributed by atoms with van der Waals surface area (Å²) in [6.45, 7) is 5.85. The van der Waals surface area contributed by atoms with Crippen molar-refractivity contribution in [2.45, 2.75) is 44.6 Å². The van der Waals surface area contributed by atoms with Gasteiger partial charge in [0, 0.05) is 24.3 Å². The van der Waals surface area contributed by atoms with E-state index in [1.54, 1.807) is 23.0 Å². The number of nitrogens with zero attached hydrogens (tertiary/aromatic N) is 2. The van der Waals surface area contributed by atoms with Gasteiger partial charge in [-0.3, -0.25) is 4.68 Å². The Morgan fingerprint density at radius 1 is 1.27 bits per heavy atom. The van der Waals surface area contributed by atoms with E-state index in [-0.39, 0.29) is 6.04 Å². The van der Waals surface area contributed by atoms with Crippen molar-refractivity contribution >= 4 is 10.0 Å². The van der Waals surface area contributed by atoms with Crippen molar-refractivity contribution in [3.8, 4) is 0 Å². The molecule has 1 unspecified atom stereocenters. The molecule has 0 aliphatic rings. The fourth-order valence-electron chi connectivity index (χ4n) is 2.43. The van der Waals surface area contributed by atoms with E-state index in [4.69, 9.17) is 0 Å². The molecule has 0 saturated carbocycles. The molecule has 5 nitrogen and oxygen atoms in total. The molecular formula is C16H23N3O2S. The largest absolute Gasteiger partial charge is 0.273 e. The first kappa shape index (κ1) is 16.7. The number of nitrogens with one attached hydrogen (secondary N) is 1. The minimum absolute atomic E-state index is 0.292. The second-order valence-corrected chi connectivity index (χ2v) is 7.26. The molecule has 120 valence electrons. The Labute approximate surface area is 132 Å². The highest BCUT2D eigenvalue weighted by Gasteiger charge is 2.20. The van der Waals surface area contributed by atoms with Gasteiger partial charge in [0.05, 0.1) is 11.1 Å². The summed E-state index contributed by atoms with van der Waals surface area (Å²) < 4.78 is 29.4. The first-order chi connectivity index (χ1) is 10.3. The van der Waals surface area contributed by atoms with Crippen molar-refractivity contribution in [3.05, 3.63) is 47.3 Å². The number of benzene rings is 1. The van der Waals surface area contributed by atoms with Crippen LogP contribution in [0.2, 0.25) is 0 Å². The average Bonchev–Trinajstić information content (AvgIpc) is 2.79. The third-order valence-electron chi connectivity index (χ3n) is 3.84. The summed E-state index contributed by atoms with van der Waals surface area (Å²) in [5, 5.41) is 4.15. The molecule has 1 aromatic carbocycles.